The molecule has 1 rings (SSSR count). The number of nitrogens with zero attached hydrogens (tertiary/aromatic N) is 3. The van der Waals surface area contributed by atoms with Gasteiger partial charge in [0.05, 0.1) is 0 Å². The van der Waals surface area contributed by atoms with Crippen LogP contribution in [0.5, 0.6) is 0 Å². The van der Waals surface area contributed by atoms with Crippen molar-refractivity contribution in [3.8, 4) is 0 Å². The molecule has 0 aromatic carbocycles. The van der Waals surface area contributed by atoms with Gasteiger partial charge in [0.15, 0.2) is 0 Å². The third-order valence-electron chi connectivity index (χ3n) is 2.26. The van der Waals surface area contributed by atoms with E-state index < -0.39 is 0 Å². The fraction of sp³-hybridized carbons (Fsp3) is 0.556. The first-order valence-corrected chi connectivity index (χ1v) is 5.48. The average molecular weight is 274 g/mol. The van der Waals surface area contributed by atoms with Gasteiger partial charge in [-0.2, -0.15) is 0 Å². The number of nitrogens with two attached hydrogens (primary N) is 1. The summed E-state index contributed by atoms with van der Waals surface area (Å²) in [4.78, 5) is 10.1. The van der Waals surface area contributed by atoms with E-state index in [2.05, 4.69) is 43.0 Å². The lowest BCUT2D eigenvalue weighted by Crippen LogP contribution is -2.31. The number of nitrogen functional groups attached to an aromatic ring is 1. The molecule has 0 aliphatic carbocycles. The topological polar surface area (TPSA) is 67.1 Å². The van der Waals surface area contributed by atoms with E-state index in [0.717, 1.165) is 16.8 Å². The summed E-state index contributed by atoms with van der Waals surface area (Å²) in [5, 5.41) is 3.22. The average Bonchev–Trinajstić information content (AvgIpc) is 2.19. The molecular weight excluding hydrogens is 258 g/mol. The van der Waals surface area contributed by atoms with Crippen molar-refractivity contribution in [2.75, 3.05) is 31.7 Å². The lowest BCUT2D eigenvalue weighted by molar-refractivity contribution is 0.326. The summed E-state index contributed by atoms with van der Waals surface area (Å²) < 4.78 is 0.718. The van der Waals surface area contributed by atoms with Crippen LogP contribution in [0.25, 0.3) is 0 Å². The van der Waals surface area contributed by atoms with Gasteiger partial charge in [-0.15, -0.1) is 0 Å². The van der Waals surface area contributed by atoms with E-state index in [4.69, 9.17) is 5.73 Å². The van der Waals surface area contributed by atoms with Crippen LogP contribution in [0.4, 0.5) is 11.6 Å². The zero-order chi connectivity index (χ0) is 11.4. The lowest BCUT2D eigenvalue weighted by Gasteiger charge is -2.20. The van der Waals surface area contributed by atoms with Crippen LogP contribution < -0.4 is 11.1 Å². The normalized spacial score (nSPS) is 12.9. The number of rotatable bonds is 4. The molecule has 1 atom stereocenters. The van der Waals surface area contributed by atoms with Crippen molar-refractivity contribution < 1.29 is 0 Å². The molecule has 0 radical (unpaired) electrons. The van der Waals surface area contributed by atoms with Crippen LogP contribution in [0.3, 0.4) is 0 Å². The Morgan fingerprint density at radius 2 is 2.20 bits per heavy atom. The SMILES string of the molecule is CC(CNc1ncnc(N)c1Br)N(C)C. The molecule has 1 aromatic heterocycles. The Hall–Kier alpha value is -0.880. The van der Waals surface area contributed by atoms with Crippen molar-refractivity contribution >= 4 is 27.6 Å². The zero-order valence-electron chi connectivity index (χ0n) is 9.16. The van der Waals surface area contributed by atoms with Crippen molar-refractivity contribution in [2.24, 2.45) is 0 Å². The molecule has 15 heavy (non-hydrogen) atoms. The molecule has 0 bridgehead atoms. The van der Waals surface area contributed by atoms with Crippen molar-refractivity contribution in [2.45, 2.75) is 13.0 Å². The van der Waals surface area contributed by atoms with Crippen LogP contribution in [0, 0.1) is 0 Å². The highest BCUT2D eigenvalue weighted by molar-refractivity contribution is 9.10. The molecular formula is C9H16BrN5. The second-order valence-corrected chi connectivity index (χ2v) is 4.41. The fourth-order valence-corrected chi connectivity index (χ4v) is 1.28. The van der Waals surface area contributed by atoms with E-state index >= 15 is 0 Å². The summed E-state index contributed by atoms with van der Waals surface area (Å²) in [5.74, 6) is 1.18. The van der Waals surface area contributed by atoms with Crippen LogP contribution in [0.2, 0.25) is 0 Å². The molecule has 6 heteroatoms. The highest BCUT2D eigenvalue weighted by atomic mass is 79.9. The van der Waals surface area contributed by atoms with E-state index in [1.54, 1.807) is 0 Å². The van der Waals surface area contributed by atoms with E-state index in [0.29, 0.717) is 11.9 Å². The highest BCUT2D eigenvalue weighted by Gasteiger charge is 2.08. The molecule has 3 N–H and O–H groups in total. The van der Waals surface area contributed by atoms with Gasteiger partial charge in [-0.25, -0.2) is 9.97 Å². The van der Waals surface area contributed by atoms with Crippen LogP contribution in [-0.2, 0) is 0 Å². The monoisotopic (exact) mass is 273 g/mol. The van der Waals surface area contributed by atoms with Gasteiger partial charge in [0.2, 0.25) is 0 Å². The molecule has 5 nitrogen and oxygen atoms in total. The highest BCUT2D eigenvalue weighted by Crippen LogP contribution is 2.23. The van der Waals surface area contributed by atoms with E-state index in [1.165, 1.54) is 6.33 Å². The van der Waals surface area contributed by atoms with E-state index in [9.17, 15) is 0 Å². The molecule has 84 valence electrons. The summed E-state index contributed by atoms with van der Waals surface area (Å²) >= 11 is 3.34. The van der Waals surface area contributed by atoms with Crippen molar-refractivity contribution in [3.05, 3.63) is 10.8 Å². The van der Waals surface area contributed by atoms with Crippen LogP contribution in [-0.4, -0.2) is 41.5 Å². The second-order valence-electron chi connectivity index (χ2n) is 3.62. The number of likely N-dealkylation sites (N-methyl/N-ethyl adjacent to an activating group) is 1. The molecule has 0 amide bonds. The van der Waals surface area contributed by atoms with Gasteiger partial charge < -0.3 is 16.0 Å². The number of nitrogens with one attached hydrogen (secondary N) is 1. The predicted octanol–water partition coefficient (Wildman–Crippen LogP) is 1.18. The molecule has 1 aromatic rings. The minimum atomic E-state index is 0.424. The minimum Gasteiger partial charge on any atom is -0.383 e. The Kier molecular flexibility index (Phi) is 4.28. The molecule has 0 spiro atoms. The molecule has 0 saturated heterocycles. The Labute approximate surface area is 98.2 Å². The van der Waals surface area contributed by atoms with E-state index in [-0.39, 0.29) is 0 Å². The lowest BCUT2D eigenvalue weighted by atomic mass is 10.3. The molecule has 0 fully saturated rings. The largest absolute Gasteiger partial charge is 0.383 e. The zero-order valence-corrected chi connectivity index (χ0v) is 10.7. The van der Waals surface area contributed by atoms with Crippen LogP contribution in [0.1, 0.15) is 6.92 Å². The predicted molar refractivity (Wildman–Crippen MR) is 65.8 cm³/mol. The molecule has 0 aliphatic rings. The Balaban J connectivity index is 2.62. The molecule has 0 aliphatic heterocycles. The maximum absolute atomic E-state index is 5.64. The summed E-state index contributed by atoms with van der Waals surface area (Å²) in [7, 11) is 4.07. The third-order valence-corrected chi connectivity index (χ3v) is 3.04. The van der Waals surface area contributed by atoms with Gasteiger partial charge in [0.1, 0.15) is 22.4 Å². The molecule has 1 unspecified atom stereocenters. The number of anilines is 2. The van der Waals surface area contributed by atoms with Gasteiger partial charge in [-0.3, -0.25) is 0 Å². The Morgan fingerprint density at radius 1 is 1.53 bits per heavy atom. The Morgan fingerprint density at radius 3 is 2.80 bits per heavy atom. The molecule has 0 saturated carbocycles. The van der Waals surface area contributed by atoms with Crippen molar-refractivity contribution in [3.63, 3.8) is 0 Å². The quantitative estimate of drug-likeness (QED) is 0.863. The maximum atomic E-state index is 5.64. The Bertz CT molecular complexity index is 328. The van der Waals surface area contributed by atoms with Gasteiger partial charge in [0, 0.05) is 12.6 Å². The minimum absolute atomic E-state index is 0.424. The summed E-state index contributed by atoms with van der Waals surface area (Å²) in [6.07, 6.45) is 1.45. The third kappa shape index (κ3) is 3.32. The smallest absolute Gasteiger partial charge is 0.145 e. The van der Waals surface area contributed by atoms with E-state index in [1.807, 2.05) is 14.1 Å². The van der Waals surface area contributed by atoms with Gasteiger partial charge in [-0.05, 0) is 36.9 Å². The van der Waals surface area contributed by atoms with Crippen LogP contribution in [0.15, 0.2) is 10.8 Å². The summed E-state index contributed by atoms with van der Waals surface area (Å²) in [6.45, 7) is 2.94. The first-order valence-electron chi connectivity index (χ1n) is 4.68. The number of aromatic nitrogens is 2. The summed E-state index contributed by atoms with van der Waals surface area (Å²) in [6, 6.07) is 0.424. The maximum Gasteiger partial charge on any atom is 0.145 e. The standard InChI is InChI=1S/C9H16BrN5/c1-6(15(2)3)4-12-9-7(10)8(11)13-5-14-9/h5-6H,4H2,1-3H3,(H3,11,12,13,14). The van der Waals surface area contributed by atoms with Gasteiger partial charge in [-0.1, -0.05) is 0 Å². The summed E-state index contributed by atoms with van der Waals surface area (Å²) in [5.41, 5.74) is 5.64. The number of hydrogen-bond acceptors (Lipinski definition) is 5. The fourth-order valence-electron chi connectivity index (χ4n) is 0.934. The van der Waals surface area contributed by atoms with Crippen molar-refractivity contribution in [1.82, 2.24) is 14.9 Å². The number of halogens is 1. The second kappa shape index (κ2) is 5.27. The van der Waals surface area contributed by atoms with Gasteiger partial charge in [0.25, 0.3) is 0 Å². The first kappa shape index (κ1) is 12.2. The van der Waals surface area contributed by atoms with Crippen LogP contribution >= 0.6 is 15.9 Å². The van der Waals surface area contributed by atoms with Gasteiger partial charge >= 0.3 is 0 Å². The first-order chi connectivity index (χ1) is 7.02. The molecule has 1 heterocycles. The van der Waals surface area contributed by atoms with Crippen molar-refractivity contribution in [1.29, 1.82) is 0 Å². The number of hydrogen-bond donors (Lipinski definition) is 2.